The van der Waals surface area contributed by atoms with E-state index in [1.54, 1.807) is 0 Å². The molecule has 0 aromatic heterocycles. The lowest BCUT2D eigenvalue weighted by molar-refractivity contribution is -0.140. The van der Waals surface area contributed by atoms with E-state index in [9.17, 15) is 9.59 Å². The molecule has 0 aliphatic rings. The van der Waals surface area contributed by atoms with Crippen molar-refractivity contribution >= 4 is 11.9 Å². The summed E-state index contributed by atoms with van der Waals surface area (Å²) >= 11 is 0. The number of esters is 1. The third-order valence-electron chi connectivity index (χ3n) is 2.89. The van der Waals surface area contributed by atoms with Gasteiger partial charge in [-0.1, -0.05) is 51.9 Å². The topological polar surface area (TPSA) is 63.6 Å². The zero-order valence-electron chi connectivity index (χ0n) is 12.1. The van der Waals surface area contributed by atoms with Crippen LogP contribution < -0.4 is 0 Å². The number of carbonyl (C=O) groups excluding carboxylic acids is 1. The monoisotopic (exact) mass is 270 g/mol. The van der Waals surface area contributed by atoms with Crippen LogP contribution in [-0.4, -0.2) is 23.7 Å². The Morgan fingerprint density at radius 2 is 1.53 bits per heavy atom. The second-order valence-electron chi connectivity index (χ2n) is 4.78. The number of carboxylic acids is 1. The van der Waals surface area contributed by atoms with Gasteiger partial charge in [0.25, 0.3) is 0 Å². The van der Waals surface area contributed by atoms with Gasteiger partial charge in [0.1, 0.15) is 0 Å². The van der Waals surface area contributed by atoms with Gasteiger partial charge in [0.2, 0.25) is 0 Å². The number of hydrogen-bond donors (Lipinski definition) is 1. The van der Waals surface area contributed by atoms with Crippen molar-refractivity contribution in [2.24, 2.45) is 0 Å². The summed E-state index contributed by atoms with van der Waals surface area (Å²) < 4.78 is 4.98. The van der Waals surface area contributed by atoms with Crippen LogP contribution in [0.25, 0.3) is 0 Å². The Bertz CT molecular complexity index is 295. The van der Waals surface area contributed by atoms with Crippen molar-refractivity contribution in [2.75, 3.05) is 6.61 Å². The van der Waals surface area contributed by atoms with Crippen LogP contribution in [-0.2, 0) is 14.3 Å². The molecule has 0 unspecified atom stereocenters. The number of aliphatic carboxylic acids is 1. The smallest absolute Gasteiger partial charge is 0.333 e. The van der Waals surface area contributed by atoms with E-state index in [0.717, 1.165) is 18.9 Å². The Kier molecular flexibility index (Phi) is 10.9. The van der Waals surface area contributed by atoms with Gasteiger partial charge in [-0.15, -0.1) is 0 Å². The lowest BCUT2D eigenvalue weighted by Gasteiger charge is -2.04. The van der Waals surface area contributed by atoms with E-state index in [-0.39, 0.29) is 5.57 Å². The van der Waals surface area contributed by atoms with Crippen LogP contribution in [0.15, 0.2) is 11.6 Å². The highest BCUT2D eigenvalue weighted by atomic mass is 16.5. The number of unbranched alkanes of at least 4 members (excludes halogenated alkanes) is 7. The lowest BCUT2D eigenvalue weighted by atomic mass is 10.1. The summed E-state index contributed by atoms with van der Waals surface area (Å²) in [4.78, 5) is 21.7. The Hall–Kier alpha value is -1.32. The second-order valence-corrected chi connectivity index (χ2v) is 4.78. The maximum absolute atomic E-state index is 11.3. The van der Waals surface area contributed by atoms with Crippen molar-refractivity contribution in [1.29, 1.82) is 0 Å². The van der Waals surface area contributed by atoms with Gasteiger partial charge in [-0.2, -0.15) is 0 Å². The Morgan fingerprint density at radius 3 is 2.05 bits per heavy atom. The molecule has 0 amide bonds. The van der Waals surface area contributed by atoms with Gasteiger partial charge in [0, 0.05) is 11.6 Å². The summed E-state index contributed by atoms with van der Waals surface area (Å²) in [7, 11) is 0. The minimum absolute atomic E-state index is 0.132. The van der Waals surface area contributed by atoms with Gasteiger partial charge in [0.15, 0.2) is 0 Å². The first-order chi connectivity index (χ1) is 9.07. The Morgan fingerprint density at radius 1 is 1.00 bits per heavy atom. The molecule has 0 saturated carbocycles. The standard InChI is InChI=1S/C15H26O4/c1-3-4-5-6-7-8-9-10-11-19-15(18)13(2)12-14(16)17/h12H,3-11H2,1-2H3,(H,16,17). The molecule has 0 heterocycles. The van der Waals surface area contributed by atoms with Crippen molar-refractivity contribution < 1.29 is 19.4 Å². The molecule has 0 aromatic carbocycles. The SMILES string of the molecule is CCCCCCCCCCOC(=O)C(C)=CC(=O)O. The molecular weight excluding hydrogens is 244 g/mol. The van der Waals surface area contributed by atoms with E-state index in [2.05, 4.69) is 6.92 Å². The van der Waals surface area contributed by atoms with E-state index in [4.69, 9.17) is 9.84 Å². The van der Waals surface area contributed by atoms with Gasteiger partial charge in [-0.25, -0.2) is 9.59 Å². The second kappa shape index (κ2) is 11.8. The minimum Gasteiger partial charge on any atom is -0.478 e. The maximum atomic E-state index is 11.3. The quantitative estimate of drug-likeness (QED) is 0.353. The van der Waals surface area contributed by atoms with Crippen molar-refractivity contribution in [2.45, 2.75) is 65.2 Å². The minimum atomic E-state index is -1.12. The molecule has 0 aromatic rings. The predicted octanol–water partition coefficient (Wildman–Crippen LogP) is 3.70. The van der Waals surface area contributed by atoms with Gasteiger partial charge in [0.05, 0.1) is 6.61 Å². The fraction of sp³-hybridized carbons (Fsp3) is 0.733. The fourth-order valence-corrected chi connectivity index (χ4v) is 1.76. The molecule has 0 saturated heterocycles. The highest BCUT2D eigenvalue weighted by Crippen LogP contribution is 2.08. The lowest BCUT2D eigenvalue weighted by Crippen LogP contribution is -2.08. The number of carboxylic acid groups (broad SMARTS) is 1. The third kappa shape index (κ3) is 11.5. The molecule has 4 nitrogen and oxygen atoms in total. The Balaban J connectivity index is 3.44. The van der Waals surface area contributed by atoms with Crippen LogP contribution in [0.5, 0.6) is 0 Å². The van der Waals surface area contributed by atoms with Crippen LogP contribution in [0.1, 0.15) is 65.2 Å². The molecule has 1 N–H and O–H groups in total. The maximum Gasteiger partial charge on any atom is 0.333 e. The van der Waals surface area contributed by atoms with Crippen LogP contribution in [0.4, 0.5) is 0 Å². The van der Waals surface area contributed by atoms with E-state index >= 15 is 0 Å². The summed E-state index contributed by atoms with van der Waals surface area (Å²) in [5.41, 5.74) is 0.132. The summed E-state index contributed by atoms with van der Waals surface area (Å²) in [6.45, 7) is 4.03. The normalized spacial score (nSPS) is 11.4. The van der Waals surface area contributed by atoms with Crippen LogP contribution in [0.2, 0.25) is 0 Å². The molecule has 4 heteroatoms. The molecule has 0 bridgehead atoms. The molecule has 0 atom stereocenters. The van der Waals surface area contributed by atoms with Gasteiger partial charge in [-0.3, -0.25) is 0 Å². The summed E-state index contributed by atoms with van der Waals surface area (Å²) in [6, 6.07) is 0. The first-order valence-corrected chi connectivity index (χ1v) is 7.16. The van der Waals surface area contributed by atoms with E-state index in [1.807, 2.05) is 0 Å². The van der Waals surface area contributed by atoms with Crippen molar-refractivity contribution in [3.63, 3.8) is 0 Å². The van der Waals surface area contributed by atoms with Crippen LogP contribution >= 0.6 is 0 Å². The molecule has 19 heavy (non-hydrogen) atoms. The average molecular weight is 270 g/mol. The fourth-order valence-electron chi connectivity index (χ4n) is 1.76. The van der Waals surface area contributed by atoms with Gasteiger partial charge in [-0.05, 0) is 13.3 Å². The molecule has 0 fully saturated rings. The molecule has 110 valence electrons. The van der Waals surface area contributed by atoms with Gasteiger partial charge < -0.3 is 9.84 Å². The number of ether oxygens (including phenoxy) is 1. The first kappa shape index (κ1) is 17.7. The summed E-state index contributed by atoms with van der Waals surface area (Å²) in [5, 5.41) is 8.48. The third-order valence-corrected chi connectivity index (χ3v) is 2.89. The Labute approximate surface area is 115 Å². The zero-order chi connectivity index (χ0) is 14.5. The highest BCUT2D eigenvalue weighted by molar-refractivity contribution is 5.95. The van der Waals surface area contributed by atoms with Crippen molar-refractivity contribution in [3.8, 4) is 0 Å². The summed E-state index contributed by atoms with van der Waals surface area (Å²) in [6.07, 6.45) is 10.4. The van der Waals surface area contributed by atoms with Crippen molar-refractivity contribution in [1.82, 2.24) is 0 Å². The largest absolute Gasteiger partial charge is 0.478 e. The van der Waals surface area contributed by atoms with Crippen molar-refractivity contribution in [3.05, 3.63) is 11.6 Å². The molecule has 0 radical (unpaired) electrons. The molecule has 0 aliphatic carbocycles. The number of rotatable bonds is 11. The first-order valence-electron chi connectivity index (χ1n) is 7.16. The predicted molar refractivity (Wildman–Crippen MR) is 75.0 cm³/mol. The van der Waals surface area contributed by atoms with E-state index in [0.29, 0.717) is 6.61 Å². The van der Waals surface area contributed by atoms with Crippen LogP contribution in [0.3, 0.4) is 0 Å². The summed E-state index contributed by atoms with van der Waals surface area (Å²) in [5.74, 6) is -1.66. The molecular formula is C15H26O4. The van der Waals surface area contributed by atoms with Crippen LogP contribution in [0, 0.1) is 0 Å². The average Bonchev–Trinajstić information content (AvgIpc) is 2.35. The number of carbonyl (C=O) groups is 2. The zero-order valence-corrected chi connectivity index (χ0v) is 12.1. The molecule has 0 aliphatic heterocycles. The van der Waals surface area contributed by atoms with E-state index < -0.39 is 11.9 Å². The highest BCUT2D eigenvalue weighted by Gasteiger charge is 2.06. The molecule has 0 spiro atoms. The number of hydrogen-bond acceptors (Lipinski definition) is 3. The van der Waals surface area contributed by atoms with E-state index in [1.165, 1.54) is 45.4 Å². The molecule has 0 rings (SSSR count). The van der Waals surface area contributed by atoms with Gasteiger partial charge >= 0.3 is 11.9 Å².